The fourth-order valence-electron chi connectivity index (χ4n) is 3.11. The predicted octanol–water partition coefficient (Wildman–Crippen LogP) is 4.86. The summed E-state index contributed by atoms with van der Waals surface area (Å²) in [6, 6.07) is 36.1. The Morgan fingerprint density at radius 1 is 0.464 bits per heavy atom. The molecule has 0 aromatic heterocycles. The van der Waals surface area contributed by atoms with Crippen LogP contribution >= 0.6 is 0 Å². The third-order valence-corrected chi connectivity index (χ3v) is 4.36. The molecule has 0 heterocycles. The van der Waals surface area contributed by atoms with E-state index in [0.717, 1.165) is 12.8 Å². The molecule has 0 saturated carbocycles. The Kier molecular flexibility index (Phi) is 18.3. The van der Waals surface area contributed by atoms with Crippen LogP contribution in [0.1, 0.15) is 22.3 Å². The number of hydrogen-bond donors (Lipinski definition) is 0. The van der Waals surface area contributed by atoms with Crippen LogP contribution < -0.4 is 0 Å². The van der Waals surface area contributed by atoms with Crippen molar-refractivity contribution in [1.29, 1.82) is 0 Å². The summed E-state index contributed by atoms with van der Waals surface area (Å²) in [4.78, 5) is 0. The van der Waals surface area contributed by atoms with E-state index in [1.165, 1.54) is 33.0 Å². The molecule has 0 saturated heterocycles. The predicted molar refractivity (Wildman–Crippen MR) is 112 cm³/mol. The van der Waals surface area contributed by atoms with Crippen LogP contribution in [0, 0.1) is 12.1 Å². The molecule has 0 fully saturated rings. The molecule has 0 nitrogen and oxygen atoms in total. The van der Waals surface area contributed by atoms with Crippen molar-refractivity contribution in [3.8, 4) is 0 Å². The van der Waals surface area contributed by atoms with Gasteiger partial charge in [0.25, 0.3) is 0 Å². The van der Waals surface area contributed by atoms with Crippen molar-refractivity contribution in [3.05, 3.63) is 119 Å². The quantitative estimate of drug-likeness (QED) is 0.276. The molecular formula is C24H18Rb2Y2-2. The van der Waals surface area contributed by atoms with Gasteiger partial charge < -0.3 is 0 Å². The van der Waals surface area contributed by atoms with E-state index >= 15 is 0 Å². The van der Waals surface area contributed by atoms with Crippen LogP contribution in [-0.4, -0.2) is 116 Å². The van der Waals surface area contributed by atoms with E-state index in [2.05, 4.69) is 72.8 Å². The number of rotatable bonds is 4. The van der Waals surface area contributed by atoms with Crippen LogP contribution in [0.4, 0.5) is 0 Å². The average molecular weight is 655 g/mol. The Morgan fingerprint density at radius 3 is 1.18 bits per heavy atom. The van der Waals surface area contributed by atoms with E-state index in [4.69, 9.17) is 0 Å². The van der Waals surface area contributed by atoms with Crippen LogP contribution in [0.5, 0.6) is 0 Å². The SMILES string of the molecule is [Rb].[Rb].[Y].[Y].[c-]1ccc(Cc2ccc3cc(Cc4cc[c-]cc4)ccc3c2)cc1. The monoisotopic (exact) mass is 654 g/mol. The molecule has 0 spiro atoms. The summed E-state index contributed by atoms with van der Waals surface area (Å²) in [6.45, 7) is 0. The summed E-state index contributed by atoms with van der Waals surface area (Å²) in [7, 11) is 0. The van der Waals surface area contributed by atoms with E-state index in [-0.39, 0.29) is 182 Å². The van der Waals surface area contributed by atoms with E-state index < -0.39 is 0 Å². The molecule has 0 bridgehead atoms. The summed E-state index contributed by atoms with van der Waals surface area (Å²) < 4.78 is 0. The topological polar surface area (TPSA) is 0 Å². The van der Waals surface area contributed by atoms with Crippen molar-refractivity contribution in [1.82, 2.24) is 0 Å². The molecule has 4 heteroatoms. The van der Waals surface area contributed by atoms with Crippen molar-refractivity contribution in [3.63, 3.8) is 0 Å². The van der Waals surface area contributed by atoms with Crippen molar-refractivity contribution in [2.75, 3.05) is 0 Å². The summed E-state index contributed by atoms with van der Waals surface area (Å²) in [6.07, 6.45) is 1.93. The summed E-state index contributed by atoms with van der Waals surface area (Å²) in [5, 5.41) is 2.61. The molecular weight excluding hydrogens is 637 g/mol. The molecule has 0 atom stereocenters. The minimum absolute atomic E-state index is 0. The van der Waals surface area contributed by atoms with Gasteiger partial charge in [-0.2, -0.15) is 71.8 Å². The molecule has 4 rings (SSSR count). The summed E-state index contributed by atoms with van der Waals surface area (Å²) in [5.41, 5.74) is 5.34. The van der Waals surface area contributed by atoms with E-state index in [1.54, 1.807) is 0 Å². The standard InChI is InChI=1S/C24H18.2Rb.2Y/c1-3-7-19(8-4-1)15-21-11-13-24-18-22(12-14-23(24)17-21)16-20-9-5-2-6-10-20;;;;/h3-14,17-18H,15-16H2;;;;/q-2;;;;. The van der Waals surface area contributed by atoms with Crippen LogP contribution in [0.3, 0.4) is 0 Å². The maximum Gasteiger partial charge on any atom is 0 e. The van der Waals surface area contributed by atoms with Crippen molar-refractivity contribution in [2.24, 2.45) is 0 Å². The first-order chi connectivity index (χ1) is 11.9. The van der Waals surface area contributed by atoms with Gasteiger partial charge in [0.15, 0.2) is 0 Å². The number of fused-ring (bicyclic) bond motifs is 1. The van der Waals surface area contributed by atoms with Gasteiger partial charge >= 0.3 is 0 Å². The Hall–Kier alpha value is 2.96. The van der Waals surface area contributed by atoms with Crippen LogP contribution in [0.2, 0.25) is 0 Å². The number of benzene rings is 4. The first kappa shape index (κ1) is 31.0. The van der Waals surface area contributed by atoms with Gasteiger partial charge in [0.1, 0.15) is 0 Å². The van der Waals surface area contributed by atoms with Gasteiger partial charge in [-0.25, -0.2) is 0 Å². The average Bonchev–Trinajstić information content (AvgIpc) is 2.64. The summed E-state index contributed by atoms with van der Waals surface area (Å²) >= 11 is 0. The molecule has 4 aromatic carbocycles. The fraction of sp³-hybridized carbons (Fsp3) is 0.0833. The molecule has 0 N–H and O–H groups in total. The van der Waals surface area contributed by atoms with Crippen molar-refractivity contribution in [2.45, 2.75) is 12.8 Å². The second-order valence-electron chi connectivity index (χ2n) is 6.19. The normalized spacial score (nSPS) is 9.29. The van der Waals surface area contributed by atoms with Crippen LogP contribution in [0.15, 0.2) is 84.9 Å². The molecule has 0 aliphatic carbocycles. The van der Waals surface area contributed by atoms with Gasteiger partial charge in [0.2, 0.25) is 0 Å². The van der Waals surface area contributed by atoms with Gasteiger partial charge in [-0.1, -0.05) is 36.4 Å². The Balaban J connectivity index is 0.00000182. The van der Waals surface area contributed by atoms with Gasteiger partial charge in [-0.05, 0) is 34.7 Å². The molecule has 28 heavy (non-hydrogen) atoms. The van der Waals surface area contributed by atoms with E-state index in [1.807, 2.05) is 24.3 Å². The van der Waals surface area contributed by atoms with Gasteiger partial charge in [0.05, 0.1) is 0 Å². The zero-order valence-electron chi connectivity index (χ0n) is 16.7. The van der Waals surface area contributed by atoms with Crippen molar-refractivity contribution < 1.29 is 65.4 Å². The molecule has 0 unspecified atom stereocenters. The minimum atomic E-state index is 0. The third kappa shape index (κ3) is 9.44. The van der Waals surface area contributed by atoms with Crippen LogP contribution in [0.25, 0.3) is 10.8 Å². The van der Waals surface area contributed by atoms with Gasteiger partial charge in [-0.3, -0.25) is 0 Å². The smallest absolute Gasteiger partial charge is 0 e. The molecule has 4 aromatic rings. The maximum atomic E-state index is 3.07. The number of hydrogen-bond acceptors (Lipinski definition) is 0. The van der Waals surface area contributed by atoms with E-state index in [9.17, 15) is 0 Å². The molecule has 0 aliphatic heterocycles. The molecule has 0 amide bonds. The Bertz CT molecular complexity index is 877. The van der Waals surface area contributed by atoms with E-state index in [0.29, 0.717) is 0 Å². The maximum absolute atomic E-state index is 3.07. The Labute approximate surface area is 316 Å². The third-order valence-electron chi connectivity index (χ3n) is 4.36. The molecule has 4 radical (unpaired) electrons. The largest absolute Gasteiger partial charge is 0.184 e. The zero-order chi connectivity index (χ0) is 16.2. The second kappa shape index (κ2) is 16.6. The van der Waals surface area contributed by atoms with Gasteiger partial charge in [-0.15, -0.1) is 0 Å². The Morgan fingerprint density at radius 2 is 0.821 bits per heavy atom. The van der Waals surface area contributed by atoms with Crippen molar-refractivity contribution >= 4 is 127 Å². The first-order valence-electron chi connectivity index (χ1n) is 8.28. The first-order valence-corrected chi connectivity index (χ1v) is 8.28. The van der Waals surface area contributed by atoms with Gasteiger partial charge in [0, 0.05) is 182 Å². The second-order valence-corrected chi connectivity index (χ2v) is 6.19. The zero-order valence-corrected chi connectivity index (χ0v) is 32.2. The van der Waals surface area contributed by atoms with Crippen LogP contribution in [-0.2, 0) is 78.3 Å². The minimum Gasteiger partial charge on any atom is -0.184 e. The fourth-order valence-corrected chi connectivity index (χ4v) is 3.11. The molecule has 124 valence electrons. The molecule has 0 aliphatic rings. The summed E-state index contributed by atoms with van der Waals surface area (Å²) in [5.74, 6) is 0.